The Morgan fingerprint density at radius 3 is 2.20 bits per heavy atom. The highest BCUT2D eigenvalue weighted by atomic mass is 14.2. The normalized spacial score (nSPS) is 20.0. The first kappa shape index (κ1) is 10.1. The summed E-state index contributed by atoms with van der Waals surface area (Å²) in [5.74, 6) is 0.773. The van der Waals surface area contributed by atoms with E-state index in [0.29, 0.717) is 0 Å². The van der Waals surface area contributed by atoms with Crippen LogP contribution in [0.4, 0.5) is 0 Å². The highest BCUT2D eigenvalue weighted by Gasteiger charge is 2.16. The molecule has 0 N–H and O–H groups in total. The van der Waals surface area contributed by atoms with Gasteiger partial charge in [-0.15, -0.1) is 0 Å². The van der Waals surface area contributed by atoms with Crippen molar-refractivity contribution in [2.45, 2.75) is 52.3 Å². The van der Waals surface area contributed by atoms with Gasteiger partial charge < -0.3 is 0 Å². The Bertz CT molecular complexity index is 86.7. The first-order chi connectivity index (χ1) is 4.52. The Hall–Kier alpha value is 0.0649. The van der Waals surface area contributed by atoms with Gasteiger partial charge in [-0.05, 0) is 5.92 Å². The summed E-state index contributed by atoms with van der Waals surface area (Å²) in [4.78, 5) is 0. The van der Waals surface area contributed by atoms with Crippen LogP contribution < -0.4 is 0 Å². The van der Waals surface area contributed by atoms with Crippen LogP contribution in [0.3, 0.4) is 0 Å². The molecule has 0 spiro atoms. The van der Waals surface area contributed by atoms with Crippen LogP contribution in [0.25, 0.3) is 0 Å². The summed E-state index contributed by atoms with van der Waals surface area (Å²) in [5.41, 5.74) is 0. The largest absolute Gasteiger partial charge is 0.0742 e. The highest BCUT2D eigenvalue weighted by molar-refractivity contribution is 6.14. The molecule has 0 aliphatic rings. The minimum atomic E-state index is 0.0649. The molecule has 0 amide bonds. The highest BCUT2D eigenvalue weighted by Crippen LogP contribution is 2.33. The zero-order chi connectivity index (χ0) is 8.20. The van der Waals surface area contributed by atoms with Crippen LogP contribution in [0.2, 0.25) is 5.31 Å². The first-order valence-electron chi connectivity index (χ1n) is 4.30. The third-order valence-corrected chi connectivity index (χ3v) is 2.32. The molecule has 0 aromatic carbocycles. The molecule has 0 bridgehead atoms. The maximum absolute atomic E-state index is 5.99. The maximum atomic E-state index is 5.99. The average molecular weight is 138 g/mol. The van der Waals surface area contributed by atoms with Gasteiger partial charge in [0.1, 0.15) is 0 Å². The molecule has 10 heavy (non-hydrogen) atoms. The molecule has 58 valence electrons. The first-order valence-corrected chi connectivity index (χ1v) is 4.30. The Morgan fingerprint density at radius 1 is 1.40 bits per heavy atom. The minimum absolute atomic E-state index is 0.0649. The van der Waals surface area contributed by atoms with Crippen molar-refractivity contribution in [1.82, 2.24) is 0 Å². The average Bonchev–Trinajstić information content (AvgIpc) is 1.87. The van der Waals surface area contributed by atoms with Gasteiger partial charge in [0.05, 0.1) is 7.85 Å². The smallest absolute Gasteiger partial charge is 0.0688 e. The molecule has 2 radical (unpaired) electrons. The van der Waals surface area contributed by atoms with Gasteiger partial charge in [0.25, 0.3) is 0 Å². The Labute approximate surface area is 66.8 Å². The summed E-state index contributed by atoms with van der Waals surface area (Å²) >= 11 is 0. The lowest BCUT2D eigenvalue weighted by molar-refractivity contribution is 0.414. The molecule has 0 aromatic rings. The van der Waals surface area contributed by atoms with E-state index in [0.717, 1.165) is 18.8 Å². The predicted octanol–water partition coefficient (Wildman–Crippen LogP) is 3.18. The lowest BCUT2D eigenvalue weighted by atomic mass is 9.64. The molecular formula is C9H19B. The fourth-order valence-electron chi connectivity index (χ4n) is 1.08. The molecule has 2 unspecified atom stereocenters. The van der Waals surface area contributed by atoms with Crippen LogP contribution in [0.5, 0.6) is 0 Å². The zero-order valence-corrected chi connectivity index (χ0v) is 7.78. The molecule has 0 aromatic heterocycles. The van der Waals surface area contributed by atoms with Crippen molar-refractivity contribution < 1.29 is 0 Å². The van der Waals surface area contributed by atoms with Crippen LogP contribution in [-0.2, 0) is 0 Å². The lowest BCUT2D eigenvalue weighted by Gasteiger charge is -2.26. The molecule has 0 fully saturated rings. The van der Waals surface area contributed by atoms with Crippen LogP contribution in [0, 0.1) is 5.92 Å². The summed E-state index contributed by atoms with van der Waals surface area (Å²) in [5, 5.41) is 0.0649. The number of hydrogen-bond donors (Lipinski definition) is 0. The van der Waals surface area contributed by atoms with E-state index in [1.807, 2.05) is 0 Å². The fraction of sp³-hybridized carbons (Fsp3) is 1.00. The van der Waals surface area contributed by atoms with Gasteiger partial charge in [-0.25, -0.2) is 0 Å². The molecule has 0 nitrogen and oxygen atoms in total. The van der Waals surface area contributed by atoms with Crippen molar-refractivity contribution in [1.29, 1.82) is 0 Å². The van der Waals surface area contributed by atoms with E-state index >= 15 is 0 Å². The van der Waals surface area contributed by atoms with Crippen molar-refractivity contribution in [3.63, 3.8) is 0 Å². The molecule has 0 aliphatic carbocycles. The summed E-state index contributed by atoms with van der Waals surface area (Å²) in [6.07, 6.45) is 3.48. The van der Waals surface area contributed by atoms with Gasteiger partial charge in [0.15, 0.2) is 0 Å². The second-order valence-electron chi connectivity index (χ2n) is 3.73. The third kappa shape index (κ3) is 3.97. The van der Waals surface area contributed by atoms with E-state index in [2.05, 4.69) is 27.7 Å². The van der Waals surface area contributed by atoms with Crippen LogP contribution in [-0.4, -0.2) is 7.85 Å². The molecule has 0 heterocycles. The third-order valence-electron chi connectivity index (χ3n) is 2.32. The Kier molecular flexibility index (Phi) is 4.08. The lowest BCUT2D eigenvalue weighted by Crippen LogP contribution is -2.10. The maximum Gasteiger partial charge on any atom is 0.0742 e. The van der Waals surface area contributed by atoms with Crippen molar-refractivity contribution in [2.75, 3.05) is 0 Å². The fourth-order valence-corrected chi connectivity index (χ4v) is 1.08. The van der Waals surface area contributed by atoms with Gasteiger partial charge in [-0.3, -0.25) is 0 Å². The number of rotatable bonds is 4. The van der Waals surface area contributed by atoms with E-state index in [-0.39, 0.29) is 5.31 Å². The molecule has 0 saturated carbocycles. The Balaban J connectivity index is 3.64. The Morgan fingerprint density at radius 2 is 1.90 bits per heavy atom. The van der Waals surface area contributed by atoms with Gasteiger partial charge in [0.2, 0.25) is 0 Å². The van der Waals surface area contributed by atoms with Crippen molar-refractivity contribution in [2.24, 2.45) is 5.92 Å². The number of hydrogen-bond acceptors (Lipinski definition) is 0. The van der Waals surface area contributed by atoms with Crippen molar-refractivity contribution in [3.8, 4) is 0 Å². The van der Waals surface area contributed by atoms with Crippen LogP contribution in [0.15, 0.2) is 0 Å². The molecule has 0 saturated heterocycles. The summed E-state index contributed by atoms with van der Waals surface area (Å²) in [6, 6.07) is 0. The van der Waals surface area contributed by atoms with E-state index in [1.54, 1.807) is 0 Å². The zero-order valence-electron chi connectivity index (χ0n) is 7.78. The molecule has 0 rings (SSSR count). The van der Waals surface area contributed by atoms with E-state index < -0.39 is 0 Å². The summed E-state index contributed by atoms with van der Waals surface area (Å²) in [6.45, 7) is 8.78. The van der Waals surface area contributed by atoms with Crippen molar-refractivity contribution in [3.05, 3.63) is 0 Å². The minimum Gasteiger partial charge on any atom is -0.0688 e. The summed E-state index contributed by atoms with van der Waals surface area (Å²) < 4.78 is 0. The van der Waals surface area contributed by atoms with Crippen LogP contribution in [0.1, 0.15) is 47.0 Å². The van der Waals surface area contributed by atoms with Gasteiger partial charge >= 0.3 is 0 Å². The van der Waals surface area contributed by atoms with E-state index in [1.165, 1.54) is 6.42 Å². The van der Waals surface area contributed by atoms with Gasteiger partial charge in [0, 0.05) is 0 Å². The van der Waals surface area contributed by atoms with E-state index in [4.69, 9.17) is 7.85 Å². The monoisotopic (exact) mass is 138 g/mol. The second kappa shape index (κ2) is 4.05. The van der Waals surface area contributed by atoms with Gasteiger partial charge in [-0.2, -0.15) is 0 Å². The molecule has 1 heteroatoms. The second-order valence-corrected chi connectivity index (χ2v) is 3.73. The predicted molar refractivity (Wildman–Crippen MR) is 48.5 cm³/mol. The van der Waals surface area contributed by atoms with E-state index in [9.17, 15) is 0 Å². The summed E-state index contributed by atoms with van der Waals surface area (Å²) in [7, 11) is 5.99. The molecule has 0 aliphatic heterocycles. The van der Waals surface area contributed by atoms with Crippen molar-refractivity contribution >= 4 is 7.85 Å². The topological polar surface area (TPSA) is 0 Å². The van der Waals surface area contributed by atoms with Gasteiger partial charge in [-0.1, -0.05) is 52.3 Å². The SMILES string of the molecule is [B]C(C)(CC)CC(C)CC. The van der Waals surface area contributed by atoms with Crippen LogP contribution >= 0.6 is 0 Å². The molecular weight excluding hydrogens is 119 g/mol. The quantitative estimate of drug-likeness (QED) is 0.523. The molecule has 2 atom stereocenters. The standard InChI is InChI=1S/C9H19B/c1-5-8(3)7-9(4,10)6-2/h8H,5-7H2,1-4H3.